The predicted molar refractivity (Wildman–Crippen MR) is 85.4 cm³/mol. The normalized spacial score (nSPS) is 19.6. The van der Waals surface area contributed by atoms with Crippen LogP contribution in [0.3, 0.4) is 0 Å². The van der Waals surface area contributed by atoms with Gasteiger partial charge in [0.2, 0.25) is 0 Å². The van der Waals surface area contributed by atoms with Crippen LogP contribution < -0.4 is 5.73 Å². The first kappa shape index (κ1) is 12.6. The molecule has 2 heteroatoms. The summed E-state index contributed by atoms with van der Waals surface area (Å²) in [7, 11) is 0. The Bertz CT molecular complexity index is 603. The molecule has 2 aliphatic rings. The van der Waals surface area contributed by atoms with Gasteiger partial charge in [0.25, 0.3) is 0 Å². The number of benzene rings is 1. The molecule has 0 aliphatic heterocycles. The van der Waals surface area contributed by atoms with E-state index in [9.17, 15) is 0 Å². The molecule has 104 valence electrons. The monoisotopic (exact) mass is 283 g/mol. The smallest absolute Gasteiger partial charge is 0.0648 e. The van der Waals surface area contributed by atoms with Crippen LogP contribution in [-0.2, 0) is 12.8 Å². The minimum Gasteiger partial charge on any atom is -0.320 e. The molecule has 1 atom stereocenters. The molecule has 0 saturated heterocycles. The molecule has 2 aliphatic carbocycles. The Hall–Kier alpha value is -1.12. The van der Waals surface area contributed by atoms with Gasteiger partial charge in [0.05, 0.1) is 6.04 Å². The maximum absolute atomic E-state index is 6.61. The lowest BCUT2D eigenvalue weighted by Crippen LogP contribution is -2.17. The van der Waals surface area contributed by atoms with Crippen molar-refractivity contribution in [2.24, 2.45) is 5.73 Å². The van der Waals surface area contributed by atoms with E-state index in [0.29, 0.717) is 0 Å². The fourth-order valence-corrected chi connectivity index (χ4v) is 4.82. The third-order valence-corrected chi connectivity index (χ3v) is 6.27. The standard InChI is InChI=1S/C18H21NS/c19-18(17-11-13-7-4-10-16(13)20-17)15-9-2-1-8-14(15)12-5-3-6-12/h1-2,8-9,11-12,18H,3-7,10,19H2. The quantitative estimate of drug-likeness (QED) is 0.878. The van der Waals surface area contributed by atoms with Crippen molar-refractivity contribution in [2.45, 2.75) is 50.5 Å². The maximum Gasteiger partial charge on any atom is 0.0648 e. The highest BCUT2D eigenvalue weighted by Crippen LogP contribution is 2.42. The van der Waals surface area contributed by atoms with Crippen LogP contribution in [0.15, 0.2) is 30.3 Å². The Morgan fingerprint density at radius 3 is 2.70 bits per heavy atom. The van der Waals surface area contributed by atoms with Crippen LogP contribution in [-0.4, -0.2) is 0 Å². The molecule has 1 nitrogen and oxygen atoms in total. The van der Waals surface area contributed by atoms with E-state index in [0.717, 1.165) is 5.92 Å². The second-order valence-electron chi connectivity index (χ2n) is 6.19. The molecule has 2 N–H and O–H groups in total. The molecule has 0 bridgehead atoms. The van der Waals surface area contributed by atoms with Crippen molar-refractivity contribution in [2.75, 3.05) is 0 Å². The Kier molecular flexibility index (Phi) is 3.16. The van der Waals surface area contributed by atoms with Gasteiger partial charge in [-0.05, 0) is 60.8 Å². The van der Waals surface area contributed by atoms with Gasteiger partial charge in [0.1, 0.15) is 0 Å². The van der Waals surface area contributed by atoms with E-state index in [1.54, 1.807) is 10.4 Å². The number of fused-ring (bicyclic) bond motifs is 1. The van der Waals surface area contributed by atoms with Gasteiger partial charge in [-0.1, -0.05) is 30.7 Å². The predicted octanol–water partition coefficient (Wildman–Crippen LogP) is 4.55. The molecular formula is C18H21NS. The molecule has 2 aromatic rings. The van der Waals surface area contributed by atoms with Gasteiger partial charge in [-0.25, -0.2) is 0 Å². The minimum atomic E-state index is 0.0717. The molecular weight excluding hydrogens is 262 g/mol. The third kappa shape index (κ3) is 2.02. The molecule has 1 aromatic heterocycles. The average Bonchev–Trinajstić information content (AvgIpc) is 2.97. The molecule has 0 spiro atoms. The summed E-state index contributed by atoms with van der Waals surface area (Å²) in [5.41, 5.74) is 11.0. The number of thiophene rings is 1. The second-order valence-corrected chi connectivity index (χ2v) is 7.35. The van der Waals surface area contributed by atoms with Crippen molar-refractivity contribution in [1.29, 1.82) is 0 Å². The lowest BCUT2D eigenvalue weighted by atomic mass is 9.77. The van der Waals surface area contributed by atoms with Crippen LogP contribution in [0.25, 0.3) is 0 Å². The summed E-state index contributed by atoms with van der Waals surface area (Å²) in [4.78, 5) is 2.94. The van der Waals surface area contributed by atoms with Crippen molar-refractivity contribution < 1.29 is 0 Å². The molecule has 1 aromatic carbocycles. The highest BCUT2D eigenvalue weighted by Gasteiger charge is 2.25. The topological polar surface area (TPSA) is 26.0 Å². The first-order valence-electron chi connectivity index (χ1n) is 7.79. The van der Waals surface area contributed by atoms with Crippen LogP contribution >= 0.6 is 11.3 Å². The summed E-state index contributed by atoms with van der Waals surface area (Å²) >= 11 is 1.95. The molecule has 20 heavy (non-hydrogen) atoms. The number of hydrogen-bond acceptors (Lipinski definition) is 2. The van der Waals surface area contributed by atoms with E-state index < -0.39 is 0 Å². The zero-order chi connectivity index (χ0) is 13.5. The number of hydrogen-bond donors (Lipinski definition) is 1. The van der Waals surface area contributed by atoms with Crippen LogP contribution in [0.1, 0.15) is 64.1 Å². The van der Waals surface area contributed by atoms with Crippen LogP contribution in [0, 0.1) is 0 Å². The summed E-state index contributed by atoms with van der Waals surface area (Å²) in [6, 6.07) is 11.3. The zero-order valence-electron chi connectivity index (χ0n) is 11.8. The fraction of sp³-hybridized carbons (Fsp3) is 0.444. The number of aryl methyl sites for hydroxylation is 2. The van der Waals surface area contributed by atoms with Gasteiger partial charge >= 0.3 is 0 Å². The Labute approximate surface area is 124 Å². The summed E-state index contributed by atoms with van der Waals surface area (Å²) in [5.74, 6) is 0.754. The highest BCUT2D eigenvalue weighted by atomic mass is 32.1. The van der Waals surface area contributed by atoms with Crippen LogP contribution in [0.4, 0.5) is 0 Å². The van der Waals surface area contributed by atoms with Gasteiger partial charge in [0.15, 0.2) is 0 Å². The van der Waals surface area contributed by atoms with Crippen molar-refractivity contribution >= 4 is 11.3 Å². The van der Waals surface area contributed by atoms with Gasteiger partial charge in [0, 0.05) is 9.75 Å². The Morgan fingerprint density at radius 1 is 1.10 bits per heavy atom. The Balaban J connectivity index is 1.69. The van der Waals surface area contributed by atoms with Crippen molar-refractivity contribution in [3.8, 4) is 0 Å². The molecule has 0 radical (unpaired) electrons. The molecule has 1 fully saturated rings. The molecule has 1 heterocycles. The number of nitrogens with two attached hydrogens (primary N) is 1. The summed E-state index contributed by atoms with van der Waals surface area (Å²) in [6.07, 6.45) is 7.89. The minimum absolute atomic E-state index is 0.0717. The van der Waals surface area contributed by atoms with Crippen molar-refractivity contribution in [3.05, 3.63) is 56.8 Å². The van der Waals surface area contributed by atoms with Gasteiger partial charge < -0.3 is 5.73 Å². The SMILES string of the molecule is NC(c1cc2c(s1)CCC2)c1ccccc1C1CCC1. The highest BCUT2D eigenvalue weighted by molar-refractivity contribution is 7.12. The first-order chi connectivity index (χ1) is 9.83. The third-order valence-electron chi connectivity index (χ3n) is 4.95. The Morgan fingerprint density at radius 2 is 1.95 bits per heavy atom. The van der Waals surface area contributed by atoms with E-state index >= 15 is 0 Å². The fourth-order valence-electron chi connectivity index (χ4n) is 3.54. The zero-order valence-corrected chi connectivity index (χ0v) is 12.6. The number of rotatable bonds is 3. The van der Waals surface area contributed by atoms with E-state index in [1.165, 1.54) is 54.5 Å². The second kappa shape index (κ2) is 5.01. The summed E-state index contributed by atoms with van der Waals surface area (Å²) in [6.45, 7) is 0. The van der Waals surface area contributed by atoms with Gasteiger partial charge in [-0.15, -0.1) is 11.3 Å². The summed E-state index contributed by atoms with van der Waals surface area (Å²) in [5, 5.41) is 0. The maximum atomic E-state index is 6.61. The average molecular weight is 283 g/mol. The van der Waals surface area contributed by atoms with E-state index in [2.05, 4.69) is 30.3 Å². The van der Waals surface area contributed by atoms with E-state index in [-0.39, 0.29) is 6.04 Å². The first-order valence-corrected chi connectivity index (χ1v) is 8.60. The molecule has 4 rings (SSSR count). The van der Waals surface area contributed by atoms with Crippen LogP contribution in [0.5, 0.6) is 0 Å². The lowest BCUT2D eigenvalue weighted by Gasteiger charge is -2.29. The summed E-state index contributed by atoms with van der Waals surface area (Å²) < 4.78 is 0. The lowest BCUT2D eigenvalue weighted by molar-refractivity contribution is 0.416. The van der Waals surface area contributed by atoms with Gasteiger partial charge in [-0.2, -0.15) is 0 Å². The van der Waals surface area contributed by atoms with Crippen molar-refractivity contribution in [1.82, 2.24) is 0 Å². The van der Waals surface area contributed by atoms with E-state index in [4.69, 9.17) is 5.73 Å². The molecule has 1 saturated carbocycles. The largest absolute Gasteiger partial charge is 0.320 e. The van der Waals surface area contributed by atoms with Crippen molar-refractivity contribution in [3.63, 3.8) is 0 Å². The van der Waals surface area contributed by atoms with Crippen LogP contribution in [0.2, 0.25) is 0 Å². The molecule has 1 unspecified atom stereocenters. The van der Waals surface area contributed by atoms with Gasteiger partial charge in [-0.3, -0.25) is 0 Å². The molecule has 0 amide bonds. The van der Waals surface area contributed by atoms with E-state index in [1.807, 2.05) is 11.3 Å².